The molecular formula is C17H16Cl2N2O3. The minimum atomic E-state index is -0.342. The van der Waals surface area contributed by atoms with Gasteiger partial charge in [-0.1, -0.05) is 29.3 Å². The highest BCUT2D eigenvalue weighted by Gasteiger charge is 2.11. The molecule has 0 aliphatic rings. The van der Waals surface area contributed by atoms with E-state index in [-0.39, 0.29) is 16.8 Å². The molecular weight excluding hydrogens is 351 g/mol. The Hall–Kier alpha value is -2.08. The summed E-state index contributed by atoms with van der Waals surface area (Å²) in [6.07, 6.45) is 0. The molecule has 0 bridgehead atoms. The van der Waals surface area contributed by atoms with E-state index in [0.29, 0.717) is 35.0 Å². The minimum Gasteiger partial charge on any atom is -0.383 e. The van der Waals surface area contributed by atoms with Gasteiger partial charge < -0.3 is 15.4 Å². The second-order valence-corrected chi connectivity index (χ2v) is 5.67. The van der Waals surface area contributed by atoms with Crippen LogP contribution in [0.1, 0.15) is 20.7 Å². The van der Waals surface area contributed by atoms with Crippen LogP contribution in [-0.2, 0) is 4.74 Å². The summed E-state index contributed by atoms with van der Waals surface area (Å²) in [5.41, 5.74) is 1.29. The predicted molar refractivity (Wildman–Crippen MR) is 95.1 cm³/mol. The molecule has 24 heavy (non-hydrogen) atoms. The van der Waals surface area contributed by atoms with Gasteiger partial charge in [0.25, 0.3) is 11.8 Å². The molecule has 0 aliphatic heterocycles. The maximum absolute atomic E-state index is 12.2. The molecule has 0 saturated heterocycles. The van der Waals surface area contributed by atoms with Gasteiger partial charge in [0.05, 0.1) is 22.3 Å². The fourth-order valence-corrected chi connectivity index (χ4v) is 2.28. The van der Waals surface area contributed by atoms with Crippen molar-refractivity contribution in [3.05, 3.63) is 63.6 Å². The number of amides is 2. The molecule has 2 rings (SSSR count). The summed E-state index contributed by atoms with van der Waals surface area (Å²) in [6.45, 7) is 0.859. The van der Waals surface area contributed by atoms with Crippen molar-refractivity contribution >= 4 is 40.7 Å². The average molecular weight is 367 g/mol. The van der Waals surface area contributed by atoms with Crippen LogP contribution in [0.25, 0.3) is 0 Å². The molecule has 0 spiro atoms. The van der Waals surface area contributed by atoms with Crippen LogP contribution in [0.4, 0.5) is 5.69 Å². The van der Waals surface area contributed by atoms with E-state index >= 15 is 0 Å². The Balaban J connectivity index is 2.03. The van der Waals surface area contributed by atoms with Gasteiger partial charge in [-0.25, -0.2) is 0 Å². The maximum Gasteiger partial charge on any atom is 0.255 e. The third kappa shape index (κ3) is 4.71. The molecule has 2 aromatic rings. The standard InChI is InChI=1S/C17H16Cl2N2O3/c1-24-10-9-20-16(22)11-5-7-12(8-6-11)17(23)21-14-4-2-3-13(18)15(14)19/h2-8H,9-10H2,1H3,(H,20,22)(H,21,23). The van der Waals surface area contributed by atoms with Crippen LogP contribution in [0.15, 0.2) is 42.5 Å². The number of halogens is 2. The van der Waals surface area contributed by atoms with Crippen LogP contribution in [0.2, 0.25) is 10.0 Å². The van der Waals surface area contributed by atoms with Gasteiger partial charge in [-0.05, 0) is 36.4 Å². The molecule has 0 unspecified atom stereocenters. The van der Waals surface area contributed by atoms with Gasteiger partial charge in [0.15, 0.2) is 0 Å². The summed E-state index contributed by atoms with van der Waals surface area (Å²) in [6, 6.07) is 11.3. The van der Waals surface area contributed by atoms with E-state index in [1.807, 2.05) is 0 Å². The van der Waals surface area contributed by atoms with E-state index in [0.717, 1.165) is 0 Å². The van der Waals surface area contributed by atoms with Crippen LogP contribution in [-0.4, -0.2) is 32.1 Å². The van der Waals surface area contributed by atoms with Crippen molar-refractivity contribution in [1.29, 1.82) is 0 Å². The first-order valence-corrected chi connectivity index (χ1v) is 7.91. The summed E-state index contributed by atoms with van der Waals surface area (Å²) in [7, 11) is 1.56. The number of rotatable bonds is 6. The molecule has 0 fully saturated rings. The molecule has 0 saturated carbocycles. The highest BCUT2D eigenvalue weighted by Crippen LogP contribution is 2.29. The summed E-state index contributed by atoms with van der Waals surface area (Å²) < 4.78 is 4.87. The third-order valence-corrected chi connectivity index (χ3v) is 4.02. The highest BCUT2D eigenvalue weighted by molar-refractivity contribution is 6.44. The molecule has 0 radical (unpaired) electrons. The molecule has 5 nitrogen and oxygen atoms in total. The van der Waals surface area contributed by atoms with E-state index in [1.165, 1.54) is 0 Å². The molecule has 2 amide bonds. The number of hydrogen-bond acceptors (Lipinski definition) is 3. The lowest BCUT2D eigenvalue weighted by atomic mass is 10.1. The molecule has 0 heterocycles. The van der Waals surface area contributed by atoms with Crippen LogP contribution < -0.4 is 10.6 Å². The first-order chi connectivity index (χ1) is 11.5. The van der Waals surface area contributed by atoms with E-state index in [1.54, 1.807) is 49.6 Å². The van der Waals surface area contributed by atoms with Crippen molar-refractivity contribution in [3.63, 3.8) is 0 Å². The van der Waals surface area contributed by atoms with Gasteiger partial charge in [0.2, 0.25) is 0 Å². The fraction of sp³-hybridized carbons (Fsp3) is 0.176. The topological polar surface area (TPSA) is 67.4 Å². The van der Waals surface area contributed by atoms with Crippen LogP contribution in [0.5, 0.6) is 0 Å². The SMILES string of the molecule is COCCNC(=O)c1ccc(C(=O)Nc2cccc(Cl)c2Cl)cc1. The molecule has 7 heteroatoms. The van der Waals surface area contributed by atoms with Crippen molar-refractivity contribution in [3.8, 4) is 0 Å². The Morgan fingerprint density at radius 2 is 1.62 bits per heavy atom. The minimum absolute atomic E-state index is 0.225. The fourth-order valence-electron chi connectivity index (χ4n) is 1.94. The number of methoxy groups -OCH3 is 1. The van der Waals surface area contributed by atoms with Crippen molar-refractivity contribution in [2.24, 2.45) is 0 Å². The lowest BCUT2D eigenvalue weighted by Crippen LogP contribution is -2.26. The van der Waals surface area contributed by atoms with Crippen molar-refractivity contribution in [2.75, 3.05) is 25.6 Å². The summed E-state index contributed by atoms with van der Waals surface area (Å²) in [4.78, 5) is 24.1. The first-order valence-electron chi connectivity index (χ1n) is 7.15. The van der Waals surface area contributed by atoms with Gasteiger partial charge in [0.1, 0.15) is 0 Å². The second kappa shape index (κ2) is 8.68. The molecule has 0 atom stereocenters. The van der Waals surface area contributed by atoms with Gasteiger partial charge >= 0.3 is 0 Å². The lowest BCUT2D eigenvalue weighted by molar-refractivity contribution is 0.0935. The first kappa shape index (κ1) is 18.3. The largest absolute Gasteiger partial charge is 0.383 e. The van der Waals surface area contributed by atoms with Crippen molar-refractivity contribution < 1.29 is 14.3 Å². The summed E-state index contributed by atoms with van der Waals surface area (Å²) in [5.74, 6) is -0.567. The third-order valence-electron chi connectivity index (χ3n) is 3.20. The van der Waals surface area contributed by atoms with E-state index in [4.69, 9.17) is 27.9 Å². The number of ether oxygens (including phenoxy) is 1. The van der Waals surface area contributed by atoms with E-state index in [9.17, 15) is 9.59 Å². The van der Waals surface area contributed by atoms with Crippen LogP contribution in [0.3, 0.4) is 0 Å². The predicted octanol–water partition coefficient (Wildman–Crippen LogP) is 3.62. The number of carbonyl (C=O) groups excluding carboxylic acids is 2. The van der Waals surface area contributed by atoms with Gasteiger partial charge in [0, 0.05) is 24.8 Å². The zero-order valence-electron chi connectivity index (χ0n) is 12.9. The molecule has 2 N–H and O–H groups in total. The van der Waals surface area contributed by atoms with E-state index < -0.39 is 0 Å². The Morgan fingerprint density at radius 1 is 1.00 bits per heavy atom. The summed E-state index contributed by atoms with van der Waals surface area (Å²) >= 11 is 12.0. The lowest BCUT2D eigenvalue weighted by Gasteiger charge is -2.09. The smallest absolute Gasteiger partial charge is 0.255 e. The van der Waals surface area contributed by atoms with Crippen molar-refractivity contribution in [2.45, 2.75) is 0 Å². The molecule has 126 valence electrons. The monoisotopic (exact) mass is 366 g/mol. The number of carbonyl (C=O) groups is 2. The second-order valence-electron chi connectivity index (χ2n) is 4.88. The molecule has 0 aromatic heterocycles. The number of nitrogens with one attached hydrogen (secondary N) is 2. The quantitative estimate of drug-likeness (QED) is 0.767. The van der Waals surface area contributed by atoms with Gasteiger partial charge in [-0.3, -0.25) is 9.59 Å². The highest BCUT2D eigenvalue weighted by atomic mass is 35.5. The molecule has 0 aliphatic carbocycles. The average Bonchev–Trinajstić information content (AvgIpc) is 2.59. The normalized spacial score (nSPS) is 10.3. The Bertz CT molecular complexity index is 733. The zero-order chi connectivity index (χ0) is 17.5. The van der Waals surface area contributed by atoms with Crippen LogP contribution >= 0.6 is 23.2 Å². The van der Waals surface area contributed by atoms with Crippen LogP contribution in [0, 0.1) is 0 Å². The summed E-state index contributed by atoms with van der Waals surface area (Å²) in [5, 5.41) is 6.03. The Labute approximate surface area is 149 Å². The maximum atomic E-state index is 12.2. The zero-order valence-corrected chi connectivity index (χ0v) is 14.4. The van der Waals surface area contributed by atoms with E-state index in [2.05, 4.69) is 10.6 Å². The number of benzene rings is 2. The van der Waals surface area contributed by atoms with Crippen molar-refractivity contribution in [1.82, 2.24) is 5.32 Å². The number of hydrogen-bond donors (Lipinski definition) is 2. The Morgan fingerprint density at radius 3 is 2.25 bits per heavy atom. The Kier molecular flexibility index (Phi) is 6.61. The van der Waals surface area contributed by atoms with Gasteiger partial charge in [-0.15, -0.1) is 0 Å². The molecule has 2 aromatic carbocycles. The number of anilines is 1. The van der Waals surface area contributed by atoms with Gasteiger partial charge in [-0.2, -0.15) is 0 Å².